The SMILES string of the molecule is C1CCC(CN(CCCC2CCCO2)C2CC2)NC1. The van der Waals surface area contributed by atoms with Crippen molar-refractivity contribution in [1.82, 2.24) is 10.2 Å². The molecule has 2 heterocycles. The second-order valence-corrected chi connectivity index (χ2v) is 6.65. The molecule has 2 saturated heterocycles. The van der Waals surface area contributed by atoms with E-state index in [1.54, 1.807) is 0 Å². The van der Waals surface area contributed by atoms with Gasteiger partial charge in [-0.25, -0.2) is 0 Å². The third-order valence-electron chi connectivity index (χ3n) is 4.93. The Hall–Kier alpha value is -0.120. The zero-order chi connectivity index (χ0) is 12.9. The van der Waals surface area contributed by atoms with E-state index in [1.807, 2.05) is 0 Å². The Labute approximate surface area is 118 Å². The van der Waals surface area contributed by atoms with E-state index in [2.05, 4.69) is 10.2 Å². The highest BCUT2D eigenvalue weighted by atomic mass is 16.5. The van der Waals surface area contributed by atoms with Gasteiger partial charge >= 0.3 is 0 Å². The Morgan fingerprint density at radius 1 is 1.05 bits per heavy atom. The Balaban J connectivity index is 1.36. The van der Waals surface area contributed by atoms with E-state index in [0.29, 0.717) is 6.10 Å². The number of rotatable bonds is 7. The standard InChI is InChI=1S/C16H30N2O/c1-2-10-17-14(5-1)13-18(15-8-9-15)11-3-6-16-7-4-12-19-16/h14-17H,1-13H2. The molecule has 0 aromatic heterocycles. The van der Waals surface area contributed by atoms with Crippen molar-refractivity contribution < 1.29 is 4.74 Å². The molecule has 0 aromatic rings. The van der Waals surface area contributed by atoms with Gasteiger partial charge in [-0.2, -0.15) is 0 Å². The summed E-state index contributed by atoms with van der Waals surface area (Å²) in [7, 11) is 0. The highest BCUT2D eigenvalue weighted by Gasteiger charge is 2.30. The second kappa shape index (κ2) is 7.05. The Kier molecular flexibility index (Phi) is 5.14. The van der Waals surface area contributed by atoms with Gasteiger partial charge in [0.05, 0.1) is 6.10 Å². The average molecular weight is 266 g/mol. The summed E-state index contributed by atoms with van der Waals surface area (Å²) in [4.78, 5) is 2.76. The summed E-state index contributed by atoms with van der Waals surface area (Å²) in [6.07, 6.45) is 12.8. The quantitative estimate of drug-likeness (QED) is 0.766. The summed E-state index contributed by atoms with van der Waals surface area (Å²) in [6.45, 7) is 4.82. The van der Waals surface area contributed by atoms with Crippen molar-refractivity contribution in [2.75, 3.05) is 26.2 Å². The van der Waals surface area contributed by atoms with Gasteiger partial charge in [-0.05, 0) is 64.5 Å². The molecule has 1 N–H and O–H groups in total. The lowest BCUT2D eigenvalue weighted by Crippen LogP contribution is -2.44. The highest BCUT2D eigenvalue weighted by molar-refractivity contribution is 4.88. The number of nitrogens with zero attached hydrogens (tertiary/aromatic N) is 1. The molecule has 1 saturated carbocycles. The van der Waals surface area contributed by atoms with E-state index in [1.165, 1.54) is 77.4 Å². The third-order valence-corrected chi connectivity index (χ3v) is 4.93. The fraction of sp³-hybridized carbons (Fsp3) is 1.00. The Morgan fingerprint density at radius 2 is 2.00 bits per heavy atom. The normalized spacial score (nSPS) is 32.1. The zero-order valence-electron chi connectivity index (χ0n) is 12.3. The molecule has 3 fully saturated rings. The van der Waals surface area contributed by atoms with Gasteiger partial charge in [0.2, 0.25) is 0 Å². The maximum Gasteiger partial charge on any atom is 0.0576 e. The van der Waals surface area contributed by atoms with Crippen LogP contribution in [0.2, 0.25) is 0 Å². The van der Waals surface area contributed by atoms with Gasteiger partial charge in [-0.1, -0.05) is 6.42 Å². The molecule has 0 spiro atoms. The second-order valence-electron chi connectivity index (χ2n) is 6.65. The van der Waals surface area contributed by atoms with Crippen molar-refractivity contribution in [1.29, 1.82) is 0 Å². The molecule has 2 unspecified atom stereocenters. The summed E-state index contributed by atoms with van der Waals surface area (Å²) in [6, 6.07) is 1.67. The molecule has 3 nitrogen and oxygen atoms in total. The van der Waals surface area contributed by atoms with Crippen LogP contribution in [0.5, 0.6) is 0 Å². The molecule has 0 bridgehead atoms. The van der Waals surface area contributed by atoms with Crippen LogP contribution in [-0.2, 0) is 4.74 Å². The fourth-order valence-corrected chi connectivity index (χ4v) is 3.62. The molecular weight excluding hydrogens is 236 g/mol. The van der Waals surface area contributed by atoms with E-state index in [9.17, 15) is 0 Å². The van der Waals surface area contributed by atoms with E-state index >= 15 is 0 Å². The largest absolute Gasteiger partial charge is 0.378 e. The van der Waals surface area contributed by atoms with Crippen molar-refractivity contribution in [3.05, 3.63) is 0 Å². The number of hydrogen-bond acceptors (Lipinski definition) is 3. The highest BCUT2D eigenvalue weighted by Crippen LogP contribution is 2.28. The van der Waals surface area contributed by atoms with Crippen LogP contribution < -0.4 is 5.32 Å². The Bertz CT molecular complexity index is 255. The number of piperidine rings is 1. The molecule has 110 valence electrons. The van der Waals surface area contributed by atoms with Crippen molar-refractivity contribution in [3.63, 3.8) is 0 Å². The summed E-state index contributed by atoms with van der Waals surface area (Å²) in [5.41, 5.74) is 0. The molecule has 3 heteroatoms. The minimum Gasteiger partial charge on any atom is -0.378 e. The molecule has 3 aliphatic rings. The van der Waals surface area contributed by atoms with Crippen LogP contribution in [0.25, 0.3) is 0 Å². The summed E-state index contributed by atoms with van der Waals surface area (Å²) >= 11 is 0. The van der Waals surface area contributed by atoms with Crippen molar-refractivity contribution in [3.8, 4) is 0 Å². The first-order valence-electron chi connectivity index (χ1n) is 8.51. The number of nitrogens with one attached hydrogen (secondary N) is 1. The monoisotopic (exact) mass is 266 g/mol. The molecule has 0 aromatic carbocycles. The zero-order valence-corrected chi connectivity index (χ0v) is 12.3. The van der Waals surface area contributed by atoms with E-state index in [0.717, 1.165) is 18.7 Å². The molecule has 0 amide bonds. The molecule has 3 rings (SSSR count). The van der Waals surface area contributed by atoms with E-state index < -0.39 is 0 Å². The fourth-order valence-electron chi connectivity index (χ4n) is 3.62. The predicted octanol–water partition coefficient (Wildman–Crippen LogP) is 2.55. The lowest BCUT2D eigenvalue weighted by atomic mass is 10.0. The van der Waals surface area contributed by atoms with Gasteiger partial charge in [-0.3, -0.25) is 4.90 Å². The van der Waals surface area contributed by atoms with E-state index in [-0.39, 0.29) is 0 Å². The van der Waals surface area contributed by atoms with Gasteiger partial charge in [0.25, 0.3) is 0 Å². The summed E-state index contributed by atoms with van der Waals surface area (Å²) in [5, 5.41) is 3.70. The van der Waals surface area contributed by atoms with Crippen LogP contribution in [0, 0.1) is 0 Å². The summed E-state index contributed by atoms with van der Waals surface area (Å²) < 4.78 is 5.73. The molecule has 0 radical (unpaired) electrons. The first-order valence-corrected chi connectivity index (χ1v) is 8.51. The van der Waals surface area contributed by atoms with Crippen LogP contribution in [0.3, 0.4) is 0 Å². The van der Waals surface area contributed by atoms with Crippen LogP contribution in [-0.4, -0.2) is 49.3 Å². The van der Waals surface area contributed by atoms with E-state index in [4.69, 9.17) is 4.74 Å². The lowest BCUT2D eigenvalue weighted by Gasteiger charge is -2.31. The van der Waals surface area contributed by atoms with Crippen LogP contribution in [0.15, 0.2) is 0 Å². The van der Waals surface area contributed by atoms with Gasteiger partial charge in [-0.15, -0.1) is 0 Å². The van der Waals surface area contributed by atoms with Gasteiger partial charge in [0.15, 0.2) is 0 Å². The molecule has 1 aliphatic carbocycles. The van der Waals surface area contributed by atoms with Crippen molar-refractivity contribution in [2.24, 2.45) is 0 Å². The smallest absolute Gasteiger partial charge is 0.0576 e. The van der Waals surface area contributed by atoms with Gasteiger partial charge < -0.3 is 10.1 Å². The first kappa shape index (κ1) is 13.8. The minimum atomic E-state index is 0.578. The molecule has 2 atom stereocenters. The van der Waals surface area contributed by atoms with Crippen LogP contribution in [0.1, 0.15) is 57.8 Å². The van der Waals surface area contributed by atoms with Gasteiger partial charge in [0.1, 0.15) is 0 Å². The maximum absolute atomic E-state index is 5.73. The lowest BCUT2D eigenvalue weighted by molar-refractivity contribution is 0.0973. The topological polar surface area (TPSA) is 24.5 Å². The van der Waals surface area contributed by atoms with Gasteiger partial charge in [0, 0.05) is 25.2 Å². The maximum atomic E-state index is 5.73. The van der Waals surface area contributed by atoms with Crippen LogP contribution >= 0.6 is 0 Å². The van der Waals surface area contributed by atoms with Crippen molar-refractivity contribution in [2.45, 2.75) is 76.0 Å². The number of ether oxygens (including phenoxy) is 1. The molecular formula is C16H30N2O. The average Bonchev–Trinajstić information content (AvgIpc) is 3.16. The summed E-state index contributed by atoms with van der Waals surface area (Å²) in [5.74, 6) is 0. The molecule has 19 heavy (non-hydrogen) atoms. The number of hydrogen-bond donors (Lipinski definition) is 1. The predicted molar refractivity (Wildman–Crippen MR) is 78.4 cm³/mol. The first-order chi connectivity index (χ1) is 9.42. The van der Waals surface area contributed by atoms with Crippen molar-refractivity contribution >= 4 is 0 Å². The Morgan fingerprint density at radius 3 is 2.68 bits per heavy atom. The minimum absolute atomic E-state index is 0.578. The van der Waals surface area contributed by atoms with Crippen LogP contribution in [0.4, 0.5) is 0 Å². The molecule has 2 aliphatic heterocycles. The third kappa shape index (κ3) is 4.44.